The van der Waals surface area contributed by atoms with Gasteiger partial charge in [-0.15, -0.1) is 0 Å². The van der Waals surface area contributed by atoms with Crippen LogP contribution < -0.4 is 5.73 Å². The summed E-state index contributed by atoms with van der Waals surface area (Å²) in [5.74, 6) is -0.624. The Labute approximate surface area is 78.7 Å². The van der Waals surface area contributed by atoms with E-state index in [4.69, 9.17) is 15.9 Å². The lowest BCUT2D eigenvalue weighted by molar-refractivity contribution is -0.139. The van der Waals surface area contributed by atoms with Gasteiger partial charge in [-0.05, 0) is 25.2 Å². The van der Waals surface area contributed by atoms with Crippen molar-refractivity contribution in [1.29, 1.82) is 0 Å². The molecule has 0 spiro atoms. The lowest BCUT2D eigenvalue weighted by Gasteiger charge is -2.16. The molecular weight excluding hydrogens is 170 g/mol. The van der Waals surface area contributed by atoms with Gasteiger partial charge in [0.05, 0.1) is 0 Å². The Hall–Kier alpha value is -0.610. The predicted octanol–water partition coefficient (Wildman–Crippen LogP) is 0.587. The minimum absolute atomic E-state index is 0.165. The Morgan fingerprint density at radius 2 is 2.15 bits per heavy atom. The minimum atomic E-state index is -0.942. The number of aliphatic carboxylic acids is 1. The van der Waals surface area contributed by atoms with Crippen LogP contribution in [0, 0.1) is 5.92 Å². The second-order valence-corrected chi connectivity index (χ2v) is 3.32. The van der Waals surface area contributed by atoms with E-state index in [1.54, 1.807) is 0 Å². The van der Waals surface area contributed by atoms with Gasteiger partial charge in [-0.25, -0.2) is 0 Å². The number of carboxylic acid groups (broad SMARTS) is 1. The summed E-state index contributed by atoms with van der Waals surface area (Å²) in [5.41, 5.74) is 5.40. The van der Waals surface area contributed by atoms with Crippen molar-refractivity contribution in [2.75, 3.05) is 6.61 Å². The molecule has 0 aromatic rings. The predicted molar refractivity (Wildman–Crippen MR) is 50.3 cm³/mol. The van der Waals surface area contributed by atoms with E-state index in [2.05, 4.69) is 0 Å². The number of hydrogen-bond donors (Lipinski definition) is 3. The third-order valence-electron chi connectivity index (χ3n) is 2.25. The van der Waals surface area contributed by atoms with E-state index < -0.39 is 12.0 Å². The summed E-state index contributed by atoms with van der Waals surface area (Å²) in [4.78, 5) is 10.5. The van der Waals surface area contributed by atoms with Crippen LogP contribution in [0.25, 0.3) is 0 Å². The Balaban J connectivity index is 3.75. The van der Waals surface area contributed by atoms with Gasteiger partial charge < -0.3 is 15.9 Å². The third-order valence-corrected chi connectivity index (χ3v) is 2.25. The van der Waals surface area contributed by atoms with Crippen LogP contribution >= 0.6 is 0 Å². The summed E-state index contributed by atoms with van der Waals surface area (Å²) in [6, 6.07) is -0.761. The van der Waals surface area contributed by atoms with E-state index in [1.165, 1.54) is 0 Å². The van der Waals surface area contributed by atoms with Crippen LogP contribution in [0.5, 0.6) is 0 Å². The van der Waals surface area contributed by atoms with Crippen LogP contribution in [-0.4, -0.2) is 28.8 Å². The van der Waals surface area contributed by atoms with Crippen molar-refractivity contribution >= 4 is 5.97 Å². The summed E-state index contributed by atoms with van der Waals surface area (Å²) < 4.78 is 0. The second-order valence-electron chi connectivity index (χ2n) is 3.32. The second kappa shape index (κ2) is 6.86. The summed E-state index contributed by atoms with van der Waals surface area (Å²) in [6.07, 6.45) is 3.01. The van der Waals surface area contributed by atoms with Crippen molar-refractivity contribution in [2.24, 2.45) is 11.7 Å². The largest absolute Gasteiger partial charge is 0.480 e. The lowest BCUT2D eigenvalue weighted by atomic mass is 9.93. The Kier molecular flexibility index (Phi) is 6.54. The van der Waals surface area contributed by atoms with Gasteiger partial charge >= 0.3 is 5.97 Å². The van der Waals surface area contributed by atoms with Crippen LogP contribution in [0.2, 0.25) is 0 Å². The molecule has 4 nitrogen and oxygen atoms in total. The van der Waals surface area contributed by atoms with Gasteiger partial charge in [-0.3, -0.25) is 4.79 Å². The average molecular weight is 189 g/mol. The first-order valence-corrected chi connectivity index (χ1v) is 4.71. The highest BCUT2D eigenvalue weighted by Gasteiger charge is 2.16. The zero-order chi connectivity index (χ0) is 10.3. The third kappa shape index (κ3) is 5.60. The zero-order valence-corrected chi connectivity index (χ0v) is 8.07. The molecule has 0 aliphatic carbocycles. The molecule has 0 radical (unpaired) electrons. The molecule has 0 aliphatic heterocycles. The molecule has 2 atom stereocenters. The summed E-state index contributed by atoms with van der Waals surface area (Å²) in [7, 11) is 0. The number of rotatable bonds is 7. The molecule has 0 heterocycles. The van der Waals surface area contributed by atoms with E-state index in [9.17, 15) is 4.79 Å². The fraction of sp³-hybridized carbons (Fsp3) is 0.889. The molecule has 2 unspecified atom stereocenters. The molecule has 0 bridgehead atoms. The van der Waals surface area contributed by atoms with Crippen LogP contribution in [0.3, 0.4) is 0 Å². The van der Waals surface area contributed by atoms with Crippen molar-refractivity contribution < 1.29 is 15.0 Å². The molecule has 0 fully saturated rings. The van der Waals surface area contributed by atoms with Crippen LogP contribution in [0.1, 0.15) is 32.6 Å². The molecule has 13 heavy (non-hydrogen) atoms. The van der Waals surface area contributed by atoms with Gasteiger partial charge in [0.15, 0.2) is 0 Å². The van der Waals surface area contributed by atoms with E-state index in [-0.39, 0.29) is 6.61 Å². The maximum atomic E-state index is 10.5. The van der Waals surface area contributed by atoms with Crippen LogP contribution in [-0.2, 0) is 4.79 Å². The van der Waals surface area contributed by atoms with Crippen molar-refractivity contribution in [3.8, 4) is 0 Å². The number of carbonyl (C=O) groups is 1. The highest BCUT2D eigenvalue weighted by molar-refractivity contribution is 5.72. The first-order valence-electron chi connectivity index (χ1n) is 4.71. The molecule has 0 aromatic heterocycles. The number of nitrogens with two attached hydrogens (primary N) is 1. The quantitative estimate of drug-likeness (QED) is 0.547. The monoisotopic (exact) mass is 189 g/mol. The molecule has 0 aromatic carbocycles. The fourth-order valence-electron chi connectivity index (χ4n) is 1.33. The summed E-state index contributed by atoms with van der Waals surface area (Å²) in [5, 5.41) is 17.2. The lowest BCUT2D eigenvalue weighted by Crippen LogP contribution is -2.32. The van der Waals surface area contributed by atoms with Crippen molar-refractivity contribution in [3.63, 3.8) is 0 Å². The number of aliphatic hydroxyl groups excluding tert-OH is 1. The first-order chi connectivity index (χ1) is 6.11. The Morgan fingerprint density at radius 3 is 2.54 bits per heavy atom. The highest BCUT2D eigenvalue weighted by Crippen LogP contribution is 2.16. The topological polar surface area (TPSA) is 83.5 Å². The van der Waals surface area contributed by atoms with Gasteiger partial charge in [0, 0.05) is 6.61 Å². The van der Waals surface area contributed by atoms with Crippen LogP contribution in [0.15, 0.2) is 0 Å². The smallest absolute Gasteiger partial charge is 0.320 e. The van der Waals surface area contributed by atoms with Gasteiger partial charge in [0.25, 0.3) is 0 Å². The molecule has 0 saturated carbocycles. The van der Waals surface area contributed by atoms with Crippen molar-refractivity contribution in [1.82, 2.24) is 0 Å². The maximum Gasteiger partial charge on any atom is 0.320 e. The number of hydrogen-bond acceptors (Lipinski definition) is 3. The minimum Gasteiger partial charge on any atom is -0.480 e. The van der Waals surface area contributed by atoms with Gasteiger partial charge in [0.1, 0.15) is 6.04 Å². The molecule has 0 saturated heterocycles. The van der Waals surface area contributed by atoms with E-state index >= 15 is 0 Å². The number of carboxylic acids is 1. The fourth-order valence-corrected chi connectivity index (χ4v) is 1.33. The standard InChI is InChI=1S/C9H19NO3/c1-2-7(4-3-5-11)6-8(10)9(12)13/h7-8,11H,2-6,10H2,1H3,(H,12,13). The van der Waals surface area contributed by atoms with Crippen molar-refractivity contribution in [3.05, 3.63) is 0 Å². The number of aliphatic hydroxyl groups is 1. The Morgan fingerprint density at radius 1 is 1.54 bits per heavy atom. The maximum absolute atomic E-state index is 10.5. The zero-order valence-electron chi connectivity index (χ0n) is 8.07. The van der Waals surface area contributed by atoms with E-state index in [0.717, 1.165) is 19.3 Å². The molecule has 78 valence electrons. The van der Waals surface area contributed by atoms with E-state index in [0.29, 0.717) is 12.3 Å². The van der Waals surface area contributed by atoms with E-state index in [1.807, 2.05) is 6.92 Å². The van der Waals surface area contributed by atoms with Gasteiger partial charge in [-0.2, -0.15) is 0 Å². The van der Waals surface area contributed by atoms with Crippen LogP contribution in [0.4, 0.5) is 0 Å². The SMILES string of the molecule is CCC(CCCO)CC(N)C(=O)O. The molecule has 0 aliphatic rings. The van der Waals surface area contributed by atoms with Gasteiger partial charge in [0.2, 0.25) is 0 Å². The summed E-state index contributed by atoms with van der Waals surface area (Å²) >= 11 is 0. The normalized spacial score (nSPS) is 15.3. The summed E-state index contributed by atoms with van der Waals surface area (Å²) in [6.45, 7) is 2.18. The highest BCUT2D eigenvalue weighted by atomic mass is 16.4. The Bertz CT molecular complexity index is 150. The van der Waals surface area contributed by atoms with Crippen molar-refractivity contribution in [2.45, 2.75) is 38.6 Å². The molecule has 4 N–H and O–H groups in total. The first kappa shape index (κ1) is 12.4. The molecular formula is C9H19NO3. The molecule has 4 heteroatoms. The van der Waals surface area contributed by atoms with Gasteiger partial charge in [-0.1, -0.05) is 13.3 Å². The molecule has 0 amide bonds. The average Bonchev–Trinajstić information content (AvgIpc) is 2.11. The molecule has 0 rings (SSSR count).